The summed E-state index contributed by atoms with van der Waals surface area (Å²) in [5, 5.41) is 3.53. The first kappa shape index (κ1) is 21.9. The van der Waals surface area contributed by atoms with Gasteiger partial charge in [-0.3, -0.25) is 9.88 Å². The number of cyclic esters (lactones) is 1. The van der Waals surface area contributed by atoms with E-state index in [1.807, 2.05) is 29.2 Å². The van der Waals surface area contributed by atoms with Gasteiger partial charge in [-0.1, -0.05) is 36.4 Å². The van der Waals surface area contributed by atoms with Gasteiger partial charge < -0.3 is 14.4 Å². The summed E-state index contributed by atoms with van der Waals surface area (Å²) in [6, 6.07) is 23.2. The number of carbonyl (C=O) groups is 1. The Balaban J connectivity index is 1.11. The van der Waals surface area contributed by atoms with Gasteiger partial charge in [-0.25, -0.2) is 4.79 Å². The third kappa shape index (κ3) is 4.30. The molecule has 1 unspecified atom stereocenters. The molecule has 6 nitrogen and oxygen atoms in total. The average Bonchev–Trinajstić information content (AvgIpc) is 3.29. The van der Waals surface area contributed by atoms with Gasteiger partial charge in [-0.2, -0.15) is 0 Å². The molecule has 1 amide bonds. The number of piperidine rings is 1. The Labute approximate surface area is 205 Å². The van der Waals surface area contributed by atoms with E-state index in [9.17, 15) is 4.79 Å². The second-order valence-electron chi connectivity index (χ2n) is 9.50. The molecule has 0 bridgehead atoms. The first-order valence-corrected chi connectivity index (χ1v) is 12.3. The first-order valence-electron chi connectivity index (χ1n) is 12.3. The molecule has 0 aliphatic carbocycles. The summed E-state index contributed by atoms with van der Waals surface area (Å²) in [6.45, 7) is 3.46. The van der Waals surface area contributed by atoms with Crippen molar-refractivity contribution in [2.45, 2.75) is 31.5 Å². The molecule has 6 rings (SSSR count). The minimum absolute atomic E-state index is 0.211. The van der Waals surface area contributed by atoms with Gasteiger partial charge in [-0.05, 0) is 59.5 Å². The van der Waals surface area contributed by atoms with Crippen LogP contribution in [0.3, 0.4) is 0 Å². The molecule has 178 valence electrons. The van der Waals surface area contributed by atoms with Crippen LogP contribution in [0.4, 0.5) is 4.79 Å². The normalized spacial score (nSPS) is 19.4. The fourth-order valence-corrected chi connectivity index (χ4v) is 5.48. The van der Waals surface area contributed by atoms with E-state index in [0.29, 0.717) is 6.54 Å². The summed E-state index contributed by atoms with van der Waals surface area (Å²) in [4.78, 5) is 21.7. The molecule has 35 heavy (non-hydrogen) atoms. The number of benzene rings is 3. The number of fused-ring (bicyclic) bond motifs is 2. The van der Waals surface area contributed by atoms with Gasteiger partial charge in [0.15, 0.2) is 0 Å². The minimum atomic E-state index is -0.296. The van der Waals surface area contributed by atoms with Crippen LogP contribution < -0.4 is 4.74 Å². The molecule has 0 radical (unpaired) electrons. The summed E-state index contributed by atoms with van der Waals surface area (Å²) in [7, 11) is 1.65. The smallest absolute Gasteiger partial charge is 0.410 e. The van der Waals surface area contributed by atoms with E-state index in [1.54, 1.807) is 13.3 Å². The van der Waals surface area contributed by atoms with Crippen LogP contribution in [0.15, 0.2) is 72.9 Å². The third-order valence-electron chi connectivity index (χ3n) is 7.39. The number of methoxy groups -OCH3 is 1. The molecule has 3 heterocycles. The summed E-state index contributed by atoms with van der Waals surface area (Å²) in [5.41, 5.74) is 3.20. The van der Waals surface area contributed by atoms with E-state index in [2.05, 4.69) is 52.3 Å². The van der Waals surface area contributed by atoms with Gasteiger partial charge in [0.05, 0.1) is 19.2 Å². The van der Waals surface area contributed by atoms with Gasteiger partial charge in [0, 0.05) is 42.8 Å². The number of nitrogens with zero attached hydrogens (tertiary/aromatic N) is 3. The number of hydrogen-bond acceptors (Lipinski definition) is 5. The second-order valence-corrected chi connectivity index (χ2v) is 9.50. The molecular formula is C29H29N3O3. The molecule has 2 fully saturated rings. The van der Waals surface area contributed by atoms with Crippen molar-refractivity contribution in [3.8, 4) is 5.75 Å². The highest BCUT2D eigenvalue weighted by molar-refractivity contribution is 5.85. The lowest BCUT2D eigenvalue weighted by Gasteiger charge is -2.35. The summed E-state index contributed by atoms with van der Waals surface area (Å²) < 4.78 is 11.3. The molecule has 2 saturated heterocycles. The highest BCUT2D eigenvalue weighted by Crippen LogP contribution is 2.35. The summed E-state index contributed by atoms with van der Waals surface area (Å²) in [6.07, 6.45) is 3.19. The molecule has 1 aromatic heterocycles. The lowest BCUT2D eigenvalue weighted by Crippen LogP contribution is -2.45. The minimum Gasteiger partial charge on any atom is -0.497 e. The average molecular weight is 468 g/mol. The van der Waals surface area contributed by atoms with E-state index >= 15 is 0 Å². The molecule has 2 aliphatic rings. The third-order valence-corrected chi connectivity index (χ3v) is 7.39. The lowest BCUT2D eigenvalue weighted by molar-refractivity contribution is 0.110. The van der Waals surface area contributed by atoms with Gasteiger partial charge >= 0.3 is 6.09 Å². The standard InChI is InChI=1S/C29H29N3O3/c1-34-24-8-9-27-26(17-24)25(10-13-30-27)28-19-32(29(33)35-28)23-11-14-31(15-12-23)18-20-6-7-21-4-2-3-5-22(21)16-20/h2-10,13,16-17,23,28H,11-12,14-15,18-19H2,1H3. The van der Waals surface area contributed by atoms with Crippen molar-refractivity contribution in [3.63, 3.8) is 0 Å². The number of likely N-dealkylation sites (tertiary alicyclic amines) is 1. The maximum absolute atomic E-state index is 12.9. The molecule has 4 aromatic rings. The number of rotatable bonds is 5. The Morgan fingerprint density at radius 3 is 2.66 bits per heavy atom. The van der Waals surface area contributed by atoms with Crippen LogP contribution in [0.5, 0.6) is 5.75 Å². The van der Waals surface area contributed by atoms with Crippen LogP contribution in [0, 0.1) is 0 Å². The fraction of sp³-hybridized carbons (Fsp3) is 0.310. The van der Waals surface area contributed by atoms with Gasteiger partial charge in [0.25, 0.3) is 0 Å². The zero-order chi connectivity index (χ0) is 23.8. The van der Waals surface area contributed by atoms with Crippen LogP contribution in [0.1, 0.15) is 30.1 Å². The van der Waals surface area contributed by atoms with Gasteiger partial charge in [0.2, 0.25) is 0 Å². The Morgan fingerprint density at radius 2 is 1.83 bits per heavy atom. The number of carbonyl (C=O) groups excluding carboxylic acids is 1. The Hall–Kier alpha value is -3.64. The SMILES string of the molecule is COc1ccc2nccc(C3CN(C4CCN(Cc5ccc6ccccc6c5)CC4)C(=O)O3)c2c1. The number of amides is 1. The first-order chi connectivity index (χ1) is 17.2. The predicted molar refractivity (Wildman–Crippen MR) is 136 cm³/mol. The monoisotopic (exact) mass is 467 g/mol. The van der Waals surface area contributed by atoms with Crippen molar-refractivity contribution in [3.05, 3.63) is 84.1 Å². The van der Waals surface area contributed by atoms with Crippen molar-refractivity contribution < 1.29 is 14.3 Å². The molecule has 0 spiro atoms. The molecule has 2 aliphatic heterocycles. The molecule has 3 aromatic carbocycles. The maximum Gasteiger partial charge on any atom is 0.410 e. The van der Waals surface area contributed by atoms with E-state index in [4.69, 9.17) is 9.47 Å². The second kappa shape index (κ2) is 9.19. The Morgan fingerprint density at radius 1 is 1.00 bits per heavy atom. The van der Waals surface area contributed by atoms with Crippen molar-refractivity contribution in [2.24, 2.45) is 0 Å². The number of aromatic nitrogens is 1. The van der Waals surface area contributed by atoms with E-state index < -0.39 is 0 Å². The molecule has 0 saturated carbocycles. The van der Waals surface area contributed by atoms with Crippen LogP contribution >= 0.6 is 0 Å². The molecule has 0 N–H and O–H groups in total. The fourth-order valence-electron chi connectivity index (χ4n) is 5.48. The number of ether oxygens (including phenoxy) is 2. The predicted octanol–water partition coefficient (Wildman–Crippen LogP) is 5.55. The highest BCUT2D eigenvalue weighted by atomic mass is 16.6. The molecular weight excluding hydrogens is 438 g/mol. The molecule has 6 heteroatoms. The quantitative estimate of drug-likeness (QED) is 0.385. The number of pyridine rings is 1. The van der Waals surface area contributed by atoms with Crippen molar-refractivity contribution in [1.82, 2.24) is 14.8 Å². The van der Waals surface area contributed by atoms with E-state index in [-0.39, 0.29) is 18.2 Å². The van der Waals surface area contributed by atoms with Crippen molar-refractivity contribution >= 4 is 27.8 Å². The maximum atomic E-state index is 12.9. The zero-order valence-corrected chi connectivity index (χ0v) is 19.9. The van der Waals surface area contributed by atoms with Gasteiger partial charge in [-0.15, -0.1) is 0 Å². The van der Waals surface area contributed by atoms with Crippen LogP contribution in [0.2, 0.25) is 0 Å². The van der Waals surface area contributed by atoms with Crippen LogP contribution in [-0.2, 0) is 11.3 Å². The highest BCUT2D eigenvalue weighted by Gasteiger charge is 2.38. The van der Waals surface area contributed by atoms with Crippen LogP contribution in [-0.4, -0.2) is 53.7 Å². The number of hydrogen-bond donors (Lipinski definition) is 0. The lowest BCUT2D eigenvalue weighted by atomic mass is 10.0. The van der Waals surface area contributed by atoms with E-state index in [1.165, 1.54) is 16.3 Å². The van der Waals surface area contributed by atoms with Crippen molar-refractivity contribution in [1.29, 1.82) is 0 Å². The largest absolute Gasteiger partial charge is 0.497 e. The van der Waals surface area contributed by atoms with Gasteiger partial charge in [0.1, 0.15) is 11.9 Å². The zero-order valence-electron chi connectivity index (χ0n) is 19.9. The van der Waals surface area contributed by atoms with E-state index in [0.717, 1.165) is 54.7 Å². The topological polar surface area (TPSA) is 54.9 Å². The van der Waals surface area contributed by atoms with Crippen LogP contribution in [0.25, 0.3) is 21.7 Å². The van der Waals surface area contributed by atoms with Crippen molar-refractivity contribution in [2.75, 3.05) is 26.7 Å². The summed E-state index contributed by atoms with van der Waals surface area (Å²) in [5.74, 6) is 0.770. The Kier molecular flexibility index (Phi) is 5.74. The summed E-state index contributed by atoms with van der Waals surface area (Å²) >= 11 is 0. The molecule has 1 atom stereocenters. The Bertz CT molecular complexity index is 1380.